The summed E-state index contributed by atoms with van der Waals surface area (Å²) in [6.07, 6.45) is 7.90. The number of aliphatic hydroxyl groups excluding tert-OH is 1. The molecular weight excluding hydrogens is 248 g/mol. The first kappa shape index (κ1) is 17.9. The lowest BCUT2D eigenvalue weighted by Crippen LogP contribution is -2.42. The van der Waals surface area contributed by atoms with Gasteiger partial charge in [0, 0.05) is 18.1 Å². The van der Waals surface area contributed by atoms with Gasteiger partial charge in [-0.25, -0.2) is 0 Å². The van der Waals surface area contributed by atoms with Gasteiger partial charge < -0.3 is 15.3 Å². The topological polar surface area (TPSA) is 35.5 Å². The largest absolute Gasteiger partial charge is 0.395 e. The van der Waals surface area contributed by atoms with E-state index in [2.05, 4.69) is 37.9 Å². The van der Waals surface area contributed by atoms with E-state index in [-0.39, 0.29) is 12.6 Å². The van der Waals surface area contributed by atoms with Crippen molar-refractivity contribution in [2.75, 3.05) is 19.7 Å². The van der Waals surface area contributed by atoms with Crippen LogP contribution >= 0.6 is 0 Å². The van der Waals surface area contributed by atoms with E-state index >= 15 is 0 Å². The first-order valence-electron chi connectivity index (χ1n) is 8.63. The van der Waals surface area contributed by atoms with Gasteiger partial charge in [-0.1, -0.05) is 40.5 Å². The van der Waals surface area contributed by atoms with Crippen LogP contribution in [-0.4, -0.2) is 47.8 Å². The minimum Gasteiger partial charge on any atom is -0.395 e. The van der Waals surface area contributed by atoms with Gasteiger partial charge in [-0.15, -0.1) is 0 Å². The third-order valence-corrected chi connectivity index (χ3v) is 4.39. The SMILES string of the molecule is CC(C)CCN(CCC(CO)NC(C)C)C1CCCC1. The highest BCUT2D eigenvalue weighted by molar-refractivity contribution is 4.79. The molecule has 0 aromatic heterocycles. The monoisotopic (exact) mass is 284 g/mol. The van der Waals surface area contributed by atoms with Crippen LogP contribution in [0.2, 0.25) is 0 Å². The van der Waals surface area contributed by atoms with Crippen LogP contribution in [0, 0.1) is 5.92 Å². The van der Waals surface area contributed by atoms with Crippen LogP contribution in [0.4, 0.5) is 0 Å². The summed E-state index contributed by atoms with van der Waals surface area (Å²) in [6.45, 7) is 11.5. The van der Waals surface area contributed by atoms with Crippen LogP contribution in [-0.2, 0) is 0 Å². The highest BCUT2D eigenvalue weighted by Gasteiger charge is 2.23. The molecule has 2 N–H and O–H groups in total. The Morgan fingerprint density at radius 3 is 2.15 bits per heavy atom. The van der Waals surface area contributed by atoms with Gasteiger partial charge in [-0.05, 0) is 44.7 Å². The Balaban J connectivity index is 2.41. The van der Waals surface area contributed by atoms with Crippen LogP contribution in [0.15, 0.2) is 0 Å². The van der Waals surface area contributed by atoms with Crippen molar-refractivity contribution in [1.82, 2.24) is 10.2 Å². The van der Waals surface area contributed by atoms with E-state index in [1.807, 2.05) is 0 Å². The molecule has 20 heavy (non-hydrogen) atoms. The second-order valence-electron chi connectivity index (χ2n) is 7.15. The Labute approximate surface area is 126 Å². The molecule has 3 nitrogen and oxygen atoms in total. The molecule has 1 aliphatic rings. The predicted octanol–water partition coefficient (Wildman–Crippen LogP) is 3.03. The molecule has 0 amide bonds. The second-order valence-corrected chi connectivity index (χ2v) is 7.15. The maximum atomic E-state index is 9.49. The molecule has 1 aliphatic carbocycles. The van der Waals surface area contributed by atoms with Crippen molar-refractivity contribution in [3.63, 3.8) is 0 Å². The van der Waals surface area contributed by atoms with Crippen molar-refractivity contribution in [2.45, 2.75) is 84.3 Å². The standard InChI is InChI=1S/C17H36N2O/c1-14(2)9-11-19(17-7-5-6-8-17)12-10-16(13-20)18-15(3)4/h14-18,20H,5-13H2,1-4H3. The quantitative estimate of drug-likeness (QED) is 0.647. The second kappa shape index (κ2) is 9.75. The maximum absolute atomic E-state index is 9.49. The number of hydrogen-bond donors (Lipinski definition) is 2. The number of nitrogens with one attached hydrogen (secondary N) is 1. The van der Waals surface area contributed by atoms with Crippen molar-refractivity contribution < 1.29 is 5.11 Å². The molecule has 120 valence electrons. The molecule has 0 aromatic carbocycles. The first-order chi connectivity index (χ1) is 9.52. The van der Waals surface area contributed by atoms with Gasteiger partial charge in [-0.2, -0.15) is 0 Å². The molecular formula is C17H36N2O. The Kier molecular flexibility index (Phi) is 8.74. The molecule has 0 bridgehead atoms. The van der Waals surface area contributed by atoms with Crippen molar-refractivity contribution >= 4 is 0 Å². The van der Waals surface area contributed by atoms with E-state index in [0.29, 0.717) is 6.04 Å². The fourth-order valence-corrected chi connectivity index (χ4v) is 3.19. The summed E-state index contributed by atoms with van der Waals surface area (Å²) in [5.41, 5.74) is 0. The van der Waals surface area contributed by atoms with E-state index in [1.54, 1.807) is 0 Å². The van der Waals surface area contributed by atoms with Crippen molar-refractivity contribution in [2.24, 2.45) is 5.92 Å². The smallest absolute Gasteiger partial charge is 0.0585 e. The van der Waals surface area contributed by atoms with Gasteiger partial charge in [0.25, 0.3) is 0 Å². The number of aliphatic hydroxyl groups is 1. The normalized spacial score (nSPS) is 18.6. The lowest BCUT2D eigenvalue weighted by atomic mass is 10.1. The summed E-state index contributed by atoms with van der Waals surface area (Å²) >= 11 is 0. The summed E-state index contributed by atoms with van der Waals surface area (Å²) in [6, 6.07) is 1.49. The molecule has 0 spiro atoms. The zero-order valence-electron chi connectivity index (χ0n) is 14.1. The van der Waals surface area contributed by atoms with Crippen LogP contribution < -0.4 is 5.32 Å². The number of hydrogen-bond acceptors (Lipinski definition) is 3. The van der Waals surface area contributed by atoms with Crippen LogP contribution in [0.5, 0.6) is 0 Å². The van der Waals surface area contributed by atoms with Gasteiger partial charge >= 0.3 is 0 Å². The average molecular weight is 284 g/mol. The van der Waals surface area contributed by atoms with Crippen LogP contribution in [0.3, 0.4) is 0 Å². The van der Waals surface area contributed by atoms with E-state index in [4.69, 9.17) is 0 Å². The van der Waals surface area contributed by atoms with Crippen molar-refractivity contribution in [3.8, 4) is 0 Å². The van der Waals surface area contributed by atoms with Crippen LogP contribution in [0.1, 0.15) is 66.2 Å². The molecule has 0 aromatic rings. The van der Waals surface area contributed by atoms with E-state index in [9.17, 15) is 5.11 Å². The molecule has 1 atom stereocenters. The lowest BCUT2D eigenvalue weighted by Gasteiger charge is -2.31. The van der Waals surface area contributed by atoms with Gasteiger partial charge in [0.1, 0.15) is 0 Å². The van der Waals surface area contributed by atoms with E-state index in [1.165, 1.54) is 38.6 Å². The average Bonchev–Trinajstić information content (AvgIpc) is 2.90. The Hall–Kier alpha value is -0.120. The fourth-order valence-electron chi connectivity index (χ4n) is 3.19. The number of nitrogens with zero attached hydrogens (tertiary/aromatic N) is 1. The summed E-state index contributed by atoms with van der Waals surface area (Å²) in [7, 11) is 0. The van der Waals surface area contributed by atoms with Gasteiger partial charge in [0.05, 0.1) is 6.61 Å². The molecule has 1 fully saturated rings. The minimum absolute atomic E-state index is 0.248. The van der Waals surface area contributed by atoms with Gasteiger partial charge in [0.2, 0.25) is 0 Å². The zero-order valence-corrected chi connectivity index (χ0v) is 14.1. The highest BCUT2D eigenvalue weighted by atomic mass is 16.3. The zero-order chi connectivity index (χ0) is 15.0. The first-order valence-corrected chi connectivity index (χ1v) is 8.63. The third kappa shape index (κ3) is 7.05. The molecule has 1 rings (SSSR count). The van der Waals surface area contributed by atoms with Gasteiger partial charge in [0.15, 0.2) is 0 Å². The summed E-state index contributed by atoms with van der Waals surface area (Å²) in [5, 5.41) is 13.0. The Morgan fingerprint density at radius 1 is 1.05 bits per heavy atom. The Bertz CT molecular complexity index is 237. The predicted molar refractivity (Wildman–Crippen MR) is 87.0 cm³/mol. The minimum atomic E-state index is 0.248. The van der Waals surface area contributed by atoms with Crippen molar-refractivity contribution in [1.29, 1.82) is 0 Å². The summed E-state index contributed by atoms with van der Waals surface area (Å²) < 4.78 is 0. The molecule has 0 heterocycles. The van der Waals surface area contributed by atoms with E-state index < -0.39 is 0 Å². The summed E-state index contributed by atoms with van der Waals surface area (Å²) in [4.78, 5) is 2.69. The molecule has 1 saturated carbocycles. The van der Waals surface area contributed by atoms with Crippen molar-refractivity contribution in [3.05, 3.63) is 0 Å². The maximum Gasteiger partial charge on any atom is 0.0585 e. The van der Waals surface area contributed by atoms with E-state index in [0.717, 1.165) is 24.9 Å². The molecule has 0 aliphatic heterocycles. The lowest BCUT2D eigenvalue weighted by molar-refractivity contribution is 0.160. The molecule has 1 unspecified atom stereocenters. The number of rotatable bonds is 10. The van der Waals surface area contributed by atoms with Crippen LogP contribution in [0.25, 0.3) is 0 Å². The summed E-state index contributed by atoms with van der Waals surface area (Å²) in [5.74, 6) is 0.779. The molecule has 0 saturated heterocycles. The highest BCUT2D eigenvalue weighted by Crippen LogP contribution is 2.24. The third-order valence-electron chi connectivity index (χ3n) is 4.39. The Morgan fingerprint density at radius 2 is 1.65 bits per heavy atom. The fraction of sp³-hybridized carbons (Fsp3) is 1.00. The molecule has 0 radical (unpaired) electrons. The molecule has 3 heteroatoms. The van der Waals surface area contributed by atoms with Gasteiger partial charge in [-0.3, -0.25) is 0 Å².